The van der Waals surface area contributed by atoms with Gasteiger partial charge in [-0.15, -0.1) is 17.9 Å². The molecule has 0 amide bonds. The maximum atomic E-state index is 12.1. The number of carbonyl (C=O) groups is 1. The van der Waals surface area contributed by atoms with Crippen molar-refractivity contribution in [3.63, 3.8) is 0 Å². The van der Waals surface area contributed by atoms with Crippen molar-refractivity contribution in [3.05, 3.63) is 70.5 Å². The second-order valence-electron chi connectivity index (χ2n) is 5.31. The van der Waals surface area contributed by atoms with Crippen LogP contribution >= 0.6 is 11.3 Å². The van der Waals surface area contributed by atoms with E-state index < -0.39 is 5.97 Å². The van der Waals surface area contributed by atoms with E-state index >= 15 is 0 Å². The molecule has 0 saturated heterocycles. The molecule has 0 unspecified atom stereocenters. The molecule has 1 aromatic carbocycles. The van der Waals surface area contributed by atoms with Gasteiger partial charge in [0.05, 0.1) is 23.7 Å². The molecule has 0 spiro atoms. The zero-order valence-corrected chi connectivity index (χ0v) is 15.0. The van der Waals surface area contributed by atoms with Gasteiger partial charge in [0.15, 0.2) is 0 Å². The van der Waals surface area contributed by atoms with Crippen molar-refractivity contribution in [2.24, 2.45) is 0 Å². The van der Waals surface area contributed by atoms with Crippen molar-refractivity contribution in [1.82, 2.24) is 14.8 Å². The maximum absolute atomic E-state index is 12.1. The van der Waals surface area contributed by atoms with Crippen molar-refractivity contribution in [1.29, 1.82) is 0 Å². The Morgan fingerprint density at radius 2 is 2.04 bits per heavy atom. The lowest BCUT2D eigenvalue weighted by Crippen LogP contribution is -2.21. The second-order valence-corrected chi connectivity index (χ2v) is 6.31. The second kappa shape index (κ2) is 7.88. The van der Waals surface area contributed by atoms with Gasteiger partial charge in [-0.2, -0.15) is 5.10 Å². The molecule has 0 aliphatic carbocycles. The molecule has 7 heteroatoms. The smallest absolute Gasteiger partial charge is 0.367 e. The zero-order chi connectivity index (χ0) is 18.5. The van der Waals surface area contributed by atoms with Crippen LogP contribution in [0.15, 0.2) is 59.9 Å². The molecule has 0 aliphatic rings. The quantitative estimate of drug-likeness (QED) is 0.493. The number of hydrogen-bond donors (Lipinski definition) is 0. The van der Waals surface area contributed by atoms with E-state index in [0.717, 1.165) is 5.56 Å². The first kappa shape index (κ1) is 17.8. The van der Waals surface area contributed by atoms with Gasteiger partial charge in [-0.3, -0.25) is 4.79 Å². The zero-order valence-electron chi connectivity index (χ0n) is 14.2. The highest BCUT2D eigenvalue weighted by molar-refractivity contribution is 7.17. The topological polar surface area (TPSA) is 74.1 Å². The SMILES string of the molecule is C=CCn1nc(-c2sc(C(=O)OCC)nc2-c2ccccc2)ccc1=O. The third-order valence-corrected chi connectivity index (χ3v) is 4.58. The third kappa shape index (κ3) is 3.62. The number of hydrogen-bond acceptors (Lipinski definition) is 6. The molecule has 0 aliphatic heterocycles. The van der Waals surface area contributed by atoms with Crippen LogP contribution in [-0.4, -0.2) is 27.3 Å². The molecular formula is C19H17N3O3S. The van der Waals surface area contributed by atoms with Gasteiger partial charge < -0.3 is 4.74 Å². The monoisotopic (exact) mass is 367 g/mol. The fourth-order valence-electron chi connectivity index (χ4n) is 2.39. The molecule has 0 atom stereocenters. The Labute approximate surface area is 154 Å². The van der Waals surface area contributed by atoms with Crippen LogP contribution in [0.4, 0.5) is 0 Å². The number of ether oxygens (including phenoxy) is 1. The predicted molar refractivity (Wildman–Crippen MR) is 101 cm³/mol. The van der Waals surface area contributed by atoms with Gasteiger partial charge in [-0.1, -0.05) is 36.4 Å². The van der Waals surface area contributed by atoms with E-state index in [-0.39, 0.29) is 17.2 Å². The van der Waals surface area contributed by atoms with Crippen LogP contribution in [-0.2, 0) is 11.3 Å². The first-order chi connectivity index (χ1) is 12.6. The maximum Gasteiger partial charge on any atom is 0.367 e. The van der Waals surface area contributed by atoms with E-state index in [4.69, 9.17) is 4.74 Å². The first-order valence-corrected chi connectivity index (χ1v) is 8.88. The molecule has 0 saturated carbocycles. The average molecular weight is 367 g/mol. The Morgan fingerprint density at radius 3 is 2.73 bits per heavy atom. The Bertz CT molecular complexity index is 993. The Hall–Kier alpha value is -3.06. The number of allylic oxidation sites excluding steroid dienone is 1. The Kier molecular flexibility index (Phi) is 5.38. The van der Waals surface area contributed by atoms with Gasteiger partial charge >= 0.3 is 5.97 Å². The van der Waals surface area contributed by atoms with Gasteiger partial charge in [0.1, 0.15) is 5.69 Å². The number of nitrogens with zero attached hydrogens (tertiary/aromatic N) is 3. The lowest BCUT2D eigenvalue weighted by Gasteiger charge is -2.05. The molecule has 0 N–H and O–H groups in total. The summed E-state index contributed by atoms with van der Waals surface area (Å²) >= 11 is 1.20. The minimum atomic E-state index is -0.472. The van der Waals surface area contributed by atoms with Gasteiger partial charge in [-0.25, -0.2) is 14.5 Å². The van der Waals surface area contributed by atoms with Crippen molar-refractivity contribution in [2.75, 3.05) is 6.61 Å². The molecular weight excluding hydrogens is 350 g/mol. The van der Waals surface area contributed by atoms with E-state index in [1.807, 2.05) is 30.3 Å². The number of benzene rings is 1. The lowest BCUT2D eigenvalue weighted by atomic mass is 10.1. The van der Waals surface area contributed by atoms with Gasteiger partial charge in [0.25, 0.3) is 5.56 Å². The normalized spacial score (nSPS) is 10.5. The fraction of sp³-hybridized carbons (Fsp3) is 0.158. The predicted octanol–water partition coefficient (Wildman–Crippen LogP) is 3.40. The molecule has 2 heterocycles. The van der Waals surface area contributed by atoms with Crippen LogP contribution in [0.3, 0.4) is 0 Å². The van der Waals surface area contributed by atoms with E-state index in [9.17, 15) is 9.59 Å². The summed E-state index contributed by atoms with van der Waals surface area (Å²) in [5, 5.41) is 4.64. The summed E-state index contributed by atoms with van der Waals surface area (Å²) in [6, 6.07) is 12.6. The minimum Gasteiger partial charge on any atom is -0.461 e. The molecule has 0 radical (unpaired) electrons. The van der Waals surface area contributed by atoms with Crippen LogP contribution in [0.25, 0.3) is 21.8 Å². The summed E-state index contributed by atoms with van der Waals surface area (Å²) in [4.78, 5) is 29.2. The average Bonchev–Trinajstić information content (AvgIpc) is 3.10. The lowest BCUT2D eigenvalue weighted by molar-refractivity contribution is 0.0526. The van der Waals surface area contributed by atoms with Crippen LogP contribution in [0.5, 0.6) is 0 Å². The fourth-order valence-corrected chi connectivity index (χ4v) is 3.33. The van der Waals surface area contributed by atoms with E-state index in [2.05, 4.69) is 16.7 Å². The van der Waals surface area contributed by atoms with E-state index in [0.29, 0.717) is 22.8 Å². The van der Waals surface area contributed by atoms with Crippen molar-refractivity contribution in [2.45, 2.75) is 13.5 Å². The minimum absolute atomic E-state index is 0.218. The third-order valence-electron chi connectivity index (χ3n) is 3.53. The van der Waals surface area contributed by atoms with Crippen molar-refractivity contribution >= 4 is 17.3 Å². The molecule has 3 rings (SSSR count). The summed E-state index contributed by atoms with van der Waals surface area (Å²) in [7, 11) is 0. The van der Waals surface area contributed by atoms with Crippen LogP contribution in [0.1, 0.15) is 16.7 Å². The van der Waals surface area contributed by atoms with Gasteiger partial charge in [0, 0.05) is 11.6 Å². The van der Waals surface area contributed by atoms with Crippen molar-refractivity contribution < 1.29 is 9.53 Å². The van der Waals surface area contributed by atoms with E-state index in [1.54, 1.807) is 19.1 Å². The molecule has 0 fully saturated rings. The number of esters is 1. The Balaban J connectivity index is 2.16. The van der Waals surface area contributed by atoms with Crippen LogP contribution in [0.2, 0.25) is 0 Å². The number of thiazole rings is 1. The van der Waals surface area contributed by atoms with Gasteiger partial charge in [0.2, 0.25) is 5.01 Å². The number of carbonyl (C=O) groups excluding carboxylic acids is 1. The van der Waals surface area contributed by atoms with Crippen LogP contribution in [0, 0.1) is 0 Å². The summed E-state index contributed by atoms with van der Waals surface area (Å²) in [6.45, 7) is 5.97. The number of rotatable bonds is 6. The summed E-state index contributed by atoms with van der Waals surface area (Å²) in [5.74, 6) is -0.472. The molecule has 6 nitrogen and oxygen atoms in total. The van der Waals surface area contributed by atoms with Gasteiger partial charge in [-0.05, 0) is 13.0 Å². The Morgan fingerprint density at radius 1 is 1.27 bits per heavy atom. The molecule has 0 bridgehead atoms. The first-order valence-electron chi connectivity index (χ1n) is 8.06. The highest BCUT2D eigenvalue weighted by Crippen LogP contribution is 2.35. The molecule has 132 valence electrons. The summed E-state index contributed by atoms with van der Waals surface area (Å²) in [5.41, 5.74) is 1.84. The summed E-state index contributed by atoms with van der Waals surface area (Å²) in [6.07, 6.45) is 1.60. The standard InChI is InChI=1S/C19H17N3O3S/c1-3-12-22-15(23)11-10-14(21-22)17-16(13-8-6-5-7-9-13)20-18(26-17)19(24)25-4-2/h3,5-11H,1,4,12H2,2H3. The van der Waals surface area contributed by atoms with Crippen LogP contribution < -0.4 is 5.56 Å². The largest absolute Gasteiger partial charge is 0.461 e. The molecule has 2 aromatic heterocycles. The molecule has 3 aromatic rings. The highest BCUT2D eigenvalue weighted by atomic mass is 32.1. The van der Waals surface area contributed by atoms with Crippen molar-refractivity contribution in [3.8, 4) is 21.8 Å². The summed E-state index contributed by atoms with van der Waals surface area (Å²) < 4.78 is 6.39. The molecule has 26 heavy (non-hydrogen) atoms. The van der Waals surface area contributed by atoms with E-state index in [1.165, 1.54) is 22.1 Å². The highest BCUT2D eigenvalue weighted by Gasteiger charge is 2.21. The number of aromatic nitrogens is 3.